The van der Waals surface area contributed by atoms with Crippen LogP contribution in [0.15, 0.2) is 16.8 Å². The van der Waals surface area contributed by atoms with Gasteiger partial charge in [0, 0.05) is 0 Å². The van der Waals surface area contributed by atoms with Gasteiger partial charge in [-0.15, -0.1) is 10.2 Å². The topological polar surface area (TPSA) is 90.7 Å². The van der Waals surface area contributed by atoms with E-state index in [2.05, 4.69) is 20.2 Å². The number of hydrogen-bond donors (Lipinski definition) is 1. The van der Waals surface area contributed by atoms with Crippen molar-refractivity contribution in [3.63, 3.8) is 0 Å². The van der Waals surface area contributed by atoms with Crippen LogP contribution in [0.3, 0.4) is 0 Å². The van der Waals surface area contributed by atoms with E-state index in [1.807, 2.05) is 0 Å². The summed E-state index contributed by atoms with van der Waals surface area (Å²) in [6.45, 7) is 1.80. The van der Waals surface area contributed by atoms with E-state index in [0.717, 1.165) is 0 Å². The molecule has 0 aliphatic carbocycles. The maximum atomic E-state index is 5.27. The molecule has 0 atom stereocenters. The number of aryl methyl sites for hydroxylation is 1. The summed E-state index contributed by atoms with van der Waals surface area (Å²) in [4.78, 5) is 7.73. The third-order valence-electron chi connectivity index (χ3n) is 1.42. The Labute approximate surface area is 73.8 Å². The Kier molecular flexibility index (Phi) is 1.66. The summed E-state index contributed by atoms with van der Waals surface area (Å²) in [5, 5.41) is 7.35. The summed E-state index contributed by atoms with van der Waals surface area (Å²) in [5.41, 5.74) is 5.75. The number of hydrogen-bond acceptors (Lipinski definition) is 6. The first kappa shape index (κ1) is 7.66. The average Bonchev–Trinajstić information content (AvgIpc) is 2.53. The lowest BCUT2D eigenvalue weighted by atomic mass is 10.5. The molecule has 0 spiro atoms. The molecule has 0 fully saturated rings. The normalized spacial score (nSPS) is 10.2. The first-order chi connectivity index (χ1) is 6.25. The van der Waals surface area contributed by atoms with E-state index in [4.69, 9.17) is 10.2 Å². The van der Waals surface area contributed by atoms with Crippen molar-refractivity contribution in [2.24, 2.45) is 0 Å². The summed E-state index contributed by atoms with van der Waals surface area (Å²) < 4.78 is 5.21. The lowest BCUT2D eigenvalue weighted by molar-refractivity contribution is 0.539. The van der Waals surface area contributed by atoms with Gasteiger partial charge in [0.25, 0.3) is 0 Å². The van der Waals surface area contributed by atoms with Gasteiger partial charge in [-0.2, -0.15) is 0 Å². The van der Waals surface area contributed by atoms with Crippen LogP contribution in [-0.4, -0.2) is 20.2 Å². The highest BCUT2D eigenvalue weighted by atomic mass is 16.4. The van der Waals surface area contributed by atoms with Crippen molar-refractivity contribution in [1.29, 1.82) is 0 Å². The third kappa shape index (κ3) is 1.46. The largest absolute Gasteiger partial charge is 0.440 e. The summed E-state index contributed by atoms with van der Waals surface area (Å²) in [6, 6.07) is 0. The molecule has 2 aromatic rings. The highest BCUT2D eigenvalue weighted by Gasteiger charge is 2.06. The van der Waals surface area contributed by atoms with Gasteiger partial charge in [0.1, 0.15) is 5.76 Å². The van der Waals surface area contributed by atoms with Crippen LogP contribution >= 0.6 is 0 Å². The highest BCUT2D eigenvalue weighted by molar-refractivity contribution is 5.44. The molecule has 0 bridgehead atoms. The molecule has 0 radical (unpaired) electrons. The van der Waals surface area contributed by atoms with Crippen molar-refractivity contribution in [3.05, 3.63) is 18.2 Å². The molecule has 6 heteroatoms. The zero-order valence-electron chi connectivity index (χ0n) is 6.93. The number of rotatable bonds is 1. The predicted molar refractivity (Wildman–Crippen MR) is 44.5 cm³/mol. The Morgan fingerprint density at radius 3 is 2.62 bits per heavy atom. The fraction of sp³-hybridized carbons (Fsp3) is 0.143. The molecule has 0 aliphatic heterocycles. The number of nitrogen functional groups attached to an aromatic ring is 1. The van der Waals surface area contributed by atoms with Gasteiger partial charge < -0.3 is 10.2 Å². The summed E-state index contributed by atoms with van der Waals surface area (Å²) in [7, 11) is 0. The van der Waals surface area contributed by atoms with Gasteiger partial charge in [-0.25, -0.2) is 9.97 Å². The van der Waals surface area contributed by atoms with Crippen LogP contribution in [0.5, 0.6) is 0 Å². The first-order valence-electron chi connectivity index (χ1n) is 3.64. The fourth-order valence-electron chi connectivity index (χ4n) is 0.855. The zero-order chi connectivity index (χ0) is 9.26. The first-order valence-corrected chi connectivity index (χ1v) is 3.64. The van der Waals surface area contributed by atoms with Crippen molar-refractivity contribution in [3.8, 4) is 11.6 Å². The maximum Gasteiger partial charge on any atom is 0.248 e. The molecule has 2 heterocycles. The molecule has 2 rings (SSSR count). The molecule has 0 saturated carbocycles. The van der Waals surface area contributed by atoms with E-state index in [0.29, 0.717) is 17.3 Å². The quantitative estimate of drug-likeness (QED) is 0.678. The molecule has 13 heavy (non-hydrogen) atoms. The minimum Gasteiger partial charge on any atom is -0.440 e. The van der Waals surface area contributed by atoms with E-state index in [-0.39, 0.29) is 5.95 Å². The zero-order valence-corrected chi connectivity index (χ0v) is 6.93. The molecular weight excluding hydrogens is 170 g/mol. The van der Waals surface area contributed by atoms with Crippen molar-refractivity contribution >= 4 is 5.95 Å². The second-order valence-electron chi connectivity index (χ2n) is 2.48. The minimum absolute atomic E-state index is 0.132. The Morgan fingerprint density at radius 2 is 2.08 bits per heavy atom. The van der Waals surface area contributed by atoms with Gasteiger partial charge in [0.15, 0.2) is 5.69 Å². The van der Waals surface area contributed by atoms with Crippen LogP contribution in [0, 0.1) is 6.92 Å². The van der Waals surface area contributed by atoms with Gasteiger partial charge in [-0.1, -0.05) is 0 Å². The smallest absolute Gasteiger partial charge is 0.248 e. The number of oxazole rings is 1. The van der Waals surface area contributed by atoms with Crippen LogP contribution < -0.4 is 5.73 Å². The molecule has 6 nitrogen and oxygen atoms in total. The van der Waals surface area contributed by atoms with E-state index >= 15 is 0 Å². The van der Waals surface area contributed by atoms with Crippen molar-refractivity contribution in [2.75, 3.05) is 5.73 Å². The number of anilines is 1. The molecule has 0 aromatic carbocycles. The second kappa shape index (κ2) is 2.81. The fourth-order valence-corrected chi connectivity index (χ4v) is 0.855. The van der Waals surface area contributed by atoms with Crippen molar-refractivity contribution in [1.82, 2.24) is 20.2 Å². The molecule has 66 valence electrons. The van der Waals surface area contributed by atoms with Gasteiger partial charge in [-0.3, -0.25) is 0 Å². The van der Waals surface area contributed by atoms with E-state index < -0.39 is 0 Å². The summed E-state index contributed by atoms with van der Waals surface area (Å²) in [5.74, 6) is 1.25. The Balaban J connectivity index is 2.41. The van der Waals surface area contributed by atoms with E-state index in [1.165, 1.54) is 6.20 Å². The molecule has 2 aromatic heterocycles. The lowest BCUT2D eigenvalue weighted by Crippen LogP contribution is -1.97. The van der Waals surface area contributed by atoms with Gasteiger partial charge in [-0.05, 0) is 6.92 Å². The van der Waals surface area contributed by atoms with Gasteiger partial charge in [0.2, 0.25) is 11.8 Å². The molecule has 0 unspecified atom stereocenters. The second-order valence-corrected chi connectivity index (χ2v) is 2.48. The molecule has 0 saturated heterocycles. The van der Waals surface area contributed by atoms with Crippen LogP contribution in [0.25, 0.3) is 11.6 Å². The Bertz CT molecular complexity index is 407. The molecule has 0 amide bonds. The van der Waals surface area contributed by atoms with Gasteiger partial charge >= 0.3 is 0 Å². The third-order valence-corrected chi connectivity index (χ3v) is 1.42. The SMILES string of the molecule is Cc1cnc(-c2cnc(N)nn2)o1. The van der Waals surface area contributed by atoms with Gasteiger partial charge in [0.05, 0.1) is 12.4 Å². The van der Waals surface area contributed by atoms with Crippen molar-refractivity contribution < 1.29 is 4.42 Å². The van der Waals surface area contributed by atoms with Crippen LogP contribution in [-0.2, 0) is 0 Å². The van der Waals surface area contributed by atoms with Crippen LogP contribution in [0.2, 0.25) is 0 Å². The number of aromatic nitrogens is 4. The predicted octanol–water partition coefficient (Wildman–Crippen LogP) is 0.417. The highest BCUT2D eigenvalue weighted by Crippen LogP contribution is 2.14. The standard InChI is InChI=1S/C7H7N5O/c1-4-2-9-6(13-4)5-3-10-7(8)12-11-5/h2-3H,1H3,(H2,8,10,12). The maximum absolute atomic E-state index is 5.27. The minimum atomic E-state index is 0.132. The molecule has 2 N–H and O–H groups in total. The molecular formula is C7H7N5O. The van der Waals surface area contributed by atoms with E-state index in [1.54, 1.807) is 13.1 Å². The summed E-state index contributed by atoms with van der Waals surface area (Å²) in [6.07, 6.45) is 3.07. The molecule has 0 aliphatic rings. The Hall–Kier alpha value is -1.98. The lowest BCUT2D eigenvalue weighted by Gasteiger charge is -1.92. The van der Waals surface area contributed by atoms with Crippen LogP contribution in [0.1, 0.15) is 5.76 Å². The van der Waals surface area contributed by atoms with Crippen LogP contribution in [0.4, 0.5) is 5.95 Å². The van der Waals surface area contributed by atoms with E-state index in [9.17, 15) is 0 Å². The number of nitrogens with two attached hydrogens (primary N) is 1. The Morgan fingerprint density at radius 1 is 1.23 bits per heavy atom. The average molecular weight is 177 g/mol. The van der Waals surface area contributed by atoms with Crippen molar-refractivity contribution in [2.45, 2.75) is 6.92 Å². The number of nitrogens with zero attached hydrogens (tertiary/aromatic N) is 4. The monoisotopic (exact) mass is 177 g/mol. The summed E-state index contributed by atoms with van der Waals surface area (Å²) >= 11 is 0.